The molecular weight excluding hydrogens is 318 g/mol. The van der Waals surface area contributed by atoms with Crippen molar-refractivity contribution < 1.29 is 0 Å². The summed E-state index contributed by atoms with van der Waals surface area (Å²) in [5.74, 6) is 0. The van der Waals surface area contributed by atoms with Crippen LogP contribution in [0.25, 0.3) is 0 Å². The zero-order valence-corrected chi connectivity index (χ0v) is 14.0. The first-order valence-electron chi connectivity index (χ1n) is 7.56. The van der Waals surface area contributed by atoms with Gasteiger partial charge in [0.25, 0.3) is 0 Å². The van der Waals surface area contributed by atoms with Crippen molar-refractivity contribution in [2.75, 3.05) is 6.54 Å². The van der Waals surface area contributed by atoms with Gasteiger partial charge in [-0.3, -0.25) is 4.57 Å². The van der Waals surface area contributed by atoms with Crippen LogP contribution in [0.1, 0.15) is 49.9 Å². The molecule has 1 fully saturated rings. The minimum atomic E-state index is -0.138. The number of halogens is 1. The van der Waals surface area contributed by atoms with E-state index in [0.29, 0.717) is 6.04 Å². The first kappa shape index (κ1) is 15.7. The third-order valence-electron chi connectivity index (χ3n) is 4.13. The number of hydrogen-bond acceptors (Lipinski definition) is 3. The van der Waals surface area contributed by atoms with E-state index in [9.17, 15) is 4.79 Å². The van der Waals surface area contributed by atoms with Gasteiger partial charge in [-0.25, -0.2) is 4.79 Å². The highest BCUT2D eigenvalue weighted by atomic mass is 79.9. The highest BCUT2D eigenvalue weighted by Crippen LogP contribution is 2.18. The Kier molecular flexibility index (Phi) is 5.78. The van der Waals surface area contributed by atoms with Crippen LogP contribution in [0.15, 0.2) is 9.27 Å². The number of aryl methyl sites for hydroxylation is 1. The van der Waals surface area contributed by atoms with Gasteiger partial charge in [0.15, 0.2) is 0 Å². The van der Waals surface area contributed by atoms with E-state index >= 15 is 0 Å². The van der Waals surface area contributed by atoms with Crippen molar-refractivity contribution >= 4 is 15.9 Å². The van der Waals surface area contributed by atoms with Crippen LogP contribution in [0.4, 0.5) is 0 Å². The molecule has 20 heavy (non-hydrogen) atoms. The van der Waals surface area contributed by atoms with Gasteiger partial charge in [-0.05, 0) is 55.6 Å². The summed E-state index contributed by atoms with van der Waals surface area (Å²) < 4.78 is 2.71. The molecule has 112 valence electrons. The molecular formula is C15H24BrN3O. The number of hydrogen-bond donors (Lipinski definition) is 1. The summed E-state index contributed by atoms with van der Waals surface area (Å²) in [4.78, 5) is 16.0. The van der Waals surface area contributed by atoms with Gasteiger partial charge < -0.3 is 5.32 Å². The molecule has 1 N–H and O–H groups in total. The fourth-order valence-electron chi connectivity index (χ4n) is 2.89. The van der Waals surface area contributed by atoms with Crippen LogP contribution in [0, 0.1) is 13.8 Å². The minimum absolute atomic E-state index is 0.138. The molecule has 0 unspecified atom stereocenters. The molecule has 0 atom stereocenters. The lowest BCUT2D eigenvalue weighted by molar-refractivity contribution is 0.368. The molecule has 1 aromatic heterocycles. The summed E-state index contributed by atoms with van der Waals surface area (Å²) in [5, 5.41) is 3.61. The molecule has 1 aliphatic rings. The van der Waals surface area contributed by atoms with Crippen molar-refractivity contribution in [1.82, 2.24) is 14.9 Å². The van der Waals surface area contributed by atoms with Crippen LogP contribution >= 0.6 is 15.9 Å². The van der Waals surface area contributed by atoms with Gasteiger partial charge in [-0.15, -0.1) is 0 Å². The van der Waals surface area contributed by atoms with Gasteiger partial charge in [-0.2, -0.15) is 4.98 Å². The smallest absolute Gasteiger partial charge is 0.314 e. The van der Waals surface area contributed by atoms with Crippen LogP contribution in [0.3, 0.4) is 0 Å². The Morgan fingerprint density at radius 1 is 1.30 bits per heavy atom. The molecule has 0 saturated heterocycles. The van der Waals surface area contributed by atoms with E-state index in [1.165, 1.54) is 32.1 Å². The molecule has 1 aliphatic carbocycles. The van der Waals surface area contributed by atoms with Crippen molar-refractivity contribution in [3.05, 3.63) is 26.3 Å². The highest BCUT2D eigenvalue weighted by molar-refractivity contribution is 9.10. The monoisotopic (exact) mass is 341 g/mol. The quantitative estimate of drug-likeness (QED) is 0.837. The van der Waals surface area contributed by atoms with Gasteiger partial charge in [0.2, 0.25) is 0 Å². The molecule has 0 spiro atoms. The summed E-state index contributed by atoms with van der Waals surface area (Å²) in [7, 11) is 0. The number of nitrogens with one attached hydrogen (secondary N) is 1. The summed E-state index contributed by atoms with van der Waals surface area (Å²) in [6.45, 7) is 5.53. The van der Waals surface area contributed by atoms with E-state index in [-0.39, 0.29) is 5.69 Å². The van der Waals surface area contributed by atoms with E-state index in [1.54, 1.807) is 4.57 Å². The third kappa shape index (κ3) is 3.92. The third-order valence-corrected chi connectivity index (χ3v) is 5.28. The standard InChI is InChI=1S/C15H24BrN3O/c1-11-14(16)12(2)19(15(20)18-11)10-6-9-17-13-7-4-3-5-8-13/h13,17H,3-10H2,1-2H3. The fourth-order valence-corrected chi connectivity index (χ4v) is 3.19. The predicted molar refractivity (Wildman–Crippen MR) is 85.2 cm³/mol. The number of nitrogens with zero attached hydrogens (tertiary/aromatic N) is 2. The molecule has 4 nitrogen and oxygen atoms in total. The number of aromatic nitrogens is 2. The van der Waals surface area contributed by atoms with Crippen molar-refractivity contribution in [2.45, 2.75) is 65.0 Å². The van der Waals surface area contributed by atoms with E-state index < -0.39 is 0 Å². The van der Waals surface area contributed by atoms with Crippen molar-refractivity contribution in [1.29, 1.82) is 0 Å². The van der Waals surface area contributed by atoms with Crippen molar-refractivity contribution in [3.63, 3.8) is 0 Å². The van der Waals surface area contributed by atoms with Crippen LogP contribution in [-0.4, -0.2) is 22.1 Å². The Morgan fingerprint density at radius 2 is 2.00 bits per heavy atom. The summed E-state index contributed by atoms with van der Waals surface area (Å²) >= 11 is 3.50. The van der Waals surface area contributed by atoms with Gasteiger partial charge >= 0.3 is 5.69 Å². The fraction of sp³-hybridized carbons (Fsp3) is 0.733. The van der Waals surface area contributed by atoms with Crippen molar-refractivity contribution in [3.8, 4) is 0 Å². The summed E-state index contributed by atoms with van der Waals surface area (Å²) in [6, 6.07) is 0.685. The maximum Gasteiger partial charge on any atom is 0.348 e. The first-order valence-corrected chi connectivity index (χ1v) is 8.36. The average Bonchev–Trinajstić information content (AvgIpc) is 2.45. The lowest BCUT2D eigenvalue weighted by Gasteiger charge is -2.23. The molecule has 0 bridgehead atoms. The van der Waals surface area contributed by atoms with Crippen LogP contribution in [0.2, 0.25) is 0 Å². The van der Waals surface area contributed by atoms with Gasteiger partial charge in [-0.1, -0.05) is 19.3 Å². The van der Waals surface area contributed by atoms with Crippen LogP contribution in [0.5, 0.6) is 0 Å². The molecule has 1 saturated carbocycles. The highest BCUT2D eigenvalue weighted by Gasteiger charge is 2.12. The lowest BCUT2D eigenvalue weighted by Crippen LogP contribution is -2.33. The molecule has 0 amide bonds. The van der Waals surface area contributed by atoms with Crippen LogP contribution in [-0.2, 0) is 6.54 Å². The topological polar surface area (TPSA) is 46.9 Å². The van der Waals surface area contributed by atoms with E-state index in [0.717, 1.165) is 35.4 Å². The second-order valence-electron chi connectivity index (χ2n) is 5.67. The Bertz CT molecular complexity index is 507. The maximum absolute atomic E-state index is 11.9. The van der Waals surface area contributed by atoms with E-state index in [4.69, 9.17) is 0 Å². The first-order chi connectivity index (χ1) is 9.59. The Morgan fingerprint density at radius 3 is 2.70 bits per heavy atom. The number of rotatable bonds is 5. The largest absolute Gasteiger partial charge is 0.348 e. The Labute approximate surface area is 129 Å². The second kappa shape index (κ2) is 7.36. The average molecular weight is 342 g/mol. The second-order valence-corrected chi connectivity index (χ2v) is 6.47. The molecule has 0 aliphatic heterocycles. The molecule has 0 aromatic carbocycles. The molecule has 1 aromatic rings. The van der Waals surface area contributed by atoms with E-state index in [1.807, 2.05) is 13.8 Å². The predicted octanol–water partition coefficient (Wildman–Crippen LogP) is 2.94. The summed E-state index contributed by atoms with van der Waals surface area (Å²) in [6.07, 6.45) is 7.66. The van der Waals surface area contributed by atoms with Gasteiger partial charge in [0.05, 0.1) is 10.2 Å². The molecule has 1 heterocycles. The summed E-state index contributed by atoms with van der Waals surface area (Å²) in [5.41, 5.74) is 1.60. The normalized spacial score (nSPS) is 16.6. The van der Waals surface area contributed by atoms with Gasteiger partial charge in [0, 0.05) is 18.3 Å². The zero-order chi connectivity index (χ0) is 14.5. The Hall–Kier alpha value is -0.680. The molecule has 0 radical (unpaired) electrons. The zero-order valence-electron chi connectivity index (χ0n) is 12.4. The minimum Gasteiger partial charge on any atom is -0.314 e. The SMILES string of the molecule is Cc1nc(=O)n(CCCNC2CCCCC2)c(C)c1Br. The van der Waals surface area contributed by atoms with Crippen LogP contribution < -0.4 is 11.0 Å². The van der Waals surface area contributed by atoms with E-state index in [2.05, 4.69) is 26.2 Å². The molecule has 2 rings (SSSR count). The maximum atomic E-state index is 11.9. The van der Waals surface area contributed by atoms with Gasteiger partial charge in [0.1, 0.15) is 0 Å². The Balaban J connectivity index is 1.85. The van der Waals surface area contributed by atoms with Crippen molar-refractivity contribution in [2.24, 2.45) is 0 Å². The lowest BCUT2D eigenvalue weighted by atomic mass is 9.95. The molecule has 5 heteroatoms.